The Hall–Kier alpha value is -2.83. The summed E-state index contributed by atoms with van der Waals surface area (Å²) in [4.78, 5) is 16.4. The molecule has 2 aromatic carbocycles. The normalized spacial score (nSPS) is 23.7. The van der Waals surface area contributed by atoms with Crippen molar-refractivity contribution in [3.05, 3.63) is 69.0 Å². The summed E-state index contributed by atoms with van der Waals surface area (Å²) >= 11 is 0. The first-order valence-electron chi connectivity index (χ1n) is 11.6. The van der Waals surface area contributed by atoms with Crippen LogP contribution in [0.1, 0.15) is 55.9 Å². The predicted octanol–water partition coefficient (Wildman–Crippen LogP) is 2.78. The summed E-state index contributed by atoms with van der Waals surface area (Å²) in [5.74, 6) is -0.798. The number of fused-ring (bicyclic) bond motifs is 2. The fourth-order valence-corrected chi connectivity index (χ4v) is 5.45. The van der Waals surface area contributed by atoms with E-state index in [2.05, 4.69) is 9.80 Å². The van der Waals surface area contributed by atoms with Crippen LogP contribution in [0, 0.1) is 31.0 Å². The number of hydrogen-bond donors (Lipinski definition) is 1. The third kappa shape index (κ3) is 3.99. The summed E-state index contributed by atoms with van der Waals surface area (Å²) in [7, 11) is 0. The minimum Gasteiger partial charge on any atom is -0.457 e. The maximum absolute atomic E-state index is 13.9. The Balaban J connectivity index is 1.22. The average molecular weight is 466 g/mol. The fourth-order valence-electron chi connectivity index (χ4n) is 5.45. The minimum absolute atomic E-state index is 0.0832. The maximum Gasteiger partial charge on any atom is 0.338 e. The molecule has 0 radical (unpaired) electrons. The van der Waals surface area contributed by atoms with Crippen LogP contribution in [0.15, 0.2) is 24.3 Å². The molecule has 7 nitrogen and oxygen atoms in total. The van der Waals surface area contributed by atoms with E-state index in [0.717, 1.165) is 41.9 Å². The number of β-amino-alcohol motifs (C(OH)–C–C–N with tert-alkyl or cyclic N) is 1. The first kappa shape index (κ1) is 22.9. The summed E-state index contributed by atoms with van der Waals surface area (Å²) in [5, 5.41) is 20.2. The van der Waals surface area contributed by atoms with Crippen molar-refractivity contribution in [2.75, 3.05) is 39.3 Å². The van der Waals surface area contributed by atoms with E-state index in [0.29, 0.717) is 30.8 Å². The number of halogens is 1. The van der Waals surface area contributed by atoms with Gasteiger partial charge in [-0.05, 0) is 48.2 Å². The van der Waals surface area contributed by atoms with Gasteiger partial charge in [-0.1, -0.05) is 12.1 Å². The molecule has 0 spiro atoms. The number of nitrogens with zero attached hydrogens (tertiary/aromatic N) is 3. The number of hydrogen-bond acceptors (Lipinski definition) is 7. The summed E-state index contributed by atoms with van der Waals surface area (Å²) in [6, 6.07) is 8.81. The highest BCUT2D eigenvalue weighted by molar-refractivity contribution is 5.93. The van der Waals surface area contributed by atoms with E-state index in [-0.39, 0.29) is 30.3 Å². The van der Waals surface area contributed by atoms with Crippen molar-refractivity contribution in [1.29, 1.82) is 5.26 Å². The second-order valence-electron chi connectivity index (χ2n) is 9.38. The van der Waals surface area contributed by atoms with Gasteiger partial charge in [-0.2, -0.15) is 5.26 Å². The molecule has 8 heteroatoms. The lowest BCUT2D eigenvalue weighted by Crippen LogP contribution is -2.58. The first-order valence-corrected chi connectivity index (χ1v) is 11.6. The number of nitriles is 1. The number of rotatable bonds is 4. The molecule has 0 saturated carbocycles. The van der Waals surface area contributed by atoms with Crippen LogP contribution in [-0.2, 0) is 16.1 Å². The molecule has 3 heterocycles. The smallest absolute Gasteiger partial charge is 0.338 e. The van der Waals surface area contributed by atoms with Gasteiger partial charge in [0.1, 0.15) is 18.5 Å². The van der Waals surface area contributed by atoms with Crippen LogP contribution >= 0.6 is 0 Å². The second-order valence-corrected chi connectivity index (χ2v) is 9.38. The molecule has 0 aromatic heterocycles. The van der Waals surface area contributed by atoms with Crippen molar-refractivity contribution in [2.24, 2.45) is 0 Å². The minimum atomic E-state index is -0.656. The van der Waals surface area contributed by atoms with Gasteiger partial charge in [0, 0.05) is 44.3 Å². The van der Waals surface area contributed by atoms with Gasteiger partial charge in [0.05, 0.1) is 29.9 Å². The van der Waals surface area contributed by atoms with Crippen LogP contribution in [-0.4, -0.2) is 66.2 Å². The lowest BCUT2D eigenvalue weighted by Gasteiger charge is -2.46. The van der Waals surface area contributed by atoms with Crippen molar-refractivity contribution >= 4 is 5.97 Å². The summed E-state index contributed by atoms with van der Waals surface area (Å²) < 4.78 is 25.2. The van der Waals surface area contributed by atoms with E-state index < -0.39 is 11.9 Å². The molecule has 3 atom stereocenters. The molecule has 0 amide bonds. The van der Waals surface area contributed by atoms with Gasteiger partial charge in [-0.3, -0.25) is 9.80 Å². The van der Waals surface area contributed by atoms with Crippen molar-refractivity contribution in [3.8, 4) is 6.07 Å². The highest BCUT2D eigenvalue weighted by atomic mass is 19.1. The van der Waals surface area contributed by atoms with Gasteiger partial charge in [0.25, 0.3) is 0 Å². The summed E-state index contributed by atoms with van der Waals surface area (Å²) in [6.07, 6.45) is -0.851. The van der Waals surface area contributed by atoms with E-state index >= 15 is 0 Å². The van der Waals surface area contributed by atoms with E-state index in [1.807, 2.05) is 19.1 Å². The van der Waals surface area contributed by atoms with Gasteiger partial charge in [0.2, 0.25) is 0 Å². The number of benzene rings is 2. The van der Waals surface area contributed by atoms with Crippen LogP contribution in [0.5, 0.6) is 0 Å². The standard InChI is InChI=1S/C26H28FN3O4/c1-15-18(3-4-20-22(15)14-34-26(20)32)24(31)11-29-7-8-30-12-25(33-13-17(30)10-29)19-5-6-23(27)21(9-28)16(19)2/h3-6,17,24-25,31H,7-8,10-14H2,1-2H3/t17-,24+,25+/m1/s1. The Bertz CT molecular complexity index is 1180. The predicted molar refractivity (Wildman–Crippen MR) is 122 cm³/mol. The monoisotopic (exact) mass is 465 g/mol. The Morgan fingerprint density at radius 2 is 2.03 bits per heavy atom. The van der Waals surface area contributed by atoms with E-state index in [1.165, 1.54) is 6.07 Å². The Kier molecular flexibility index (Phi) is 6.13. The van der Waals surface area contributed by atoms with Gasteiger partial charge >= 0.3 is 5.97 Å². The van der Waals surface area contributed by atoms with Crippen LogP contribution in [0.3, 0.4) is 0 Å². The van der Waals surface area contributed by atoms with E-state index in [4.69, 9.17) is 9.47 Å². The van der Waals surface area contributed by atoms with Crippen molar-refractivity contribution in [2.45, 2.75) is 38.7 Å². The zero-order valence-electron chi connectivity index (χ0n) is 19.4. The zero-order valence-corrected chi connectivity index (χ0v) is 19.4. The number of morpholine rings is 1. The molecule has 178 valence electrons. The number of aliphatic hydroxyl groups excluding tert-OH is 1. The van der Waals surface area contributed by atoms with E-state index in [1.54, 1.807) is 19.1 Å². The second kappa shape index (κ2) is 9.08. The van der Waals surface area contributed by atoms with Crippen LogP contribution in [0.2, 0.25) is 0 Å². The van der Waals surface area contributed by atoms with Gasteiger partial charge < -0.3 is 14.6 Å². The van der Waals surface area contributed by atoms with Crippen molar-refractivity contribution < 1.29 is 23.8 Å². The third-order valence-electron chi connectivity index (χ3n) is 7.49. The molecule has 5 rings (SSSR count). The topological polar surface area (TPSA) is 86.0 Å². The van der Waals surface area contributed by atoms with Gasteiger partial charge in [0.15, 0.2) is 0 Å². The molecule has 0 bridgehead atoms. The molecule has 0 unspecified atom stereocenters. The first-order chi connectivity index (χ1) is 16.4. The number of piperazine rings is 1. The van der Waals surface area contributed by atoms with Crippen LogP contribution in [0.4, 0.5) is 4.39 Å². The number of esters is 1. The molecule has 2 aromatic rings. The number of cyclic esters (lactones) is 1. The molecule has 3 aliphatic rings. The molecule has 0 aliphatic carbocycles. The summed E-state index contributed by atoms with van der Waals surface area (Å²) in [5.41, 5.74) is 4.81. The number of carbonyl (C=O) groups is 1. The Morgan fingerprint density at radius 3 is 2.82 bits per heavy atom. The number of aliphatic hydroxyl groups is 1. The lowest BCUT2D eigenvalue weighted by atomic mass is 9.94. The highest BCUT2D eigenvalue weighted by Gasteiger charge is 2.36. The largest absolute Gasteiger partial charge is 0.457 e. The van der Waals surface area contributed by atoms with E-state index in [9.17, 15) is 19.6 Å². The quantitative estimate of drug-likeness (QED) is 0.695. The lowest BCUT2D eigenvalue weighted by molar-refractivity contribution is -0.0939. The van der Waals surface area contributed by atoms with Crippen molar-refractivity contribution in [3.63, 3.8) is 0 Å². The maximum atomic E-state index is 13.9. The fraction of sp³-hybridized carbons (Fsp3) is 0.462. The molecule has 2 fully saturated rings. The third-order valence-corrected chi connectivity index (χ3v) is 7.49. The Morgan fingerprint density at radius 1 is 1.21 bits per heavy atom. The summed E-state index contributed by atoms with van der Waals surface area (Å²) in [6.45, 7) is 8.14. The van der Waals surface area contributed by atoms with Crippen LogP contribution < -0.4 is 0 Å². The number of ether oxygens (including phenoxy) is 2. The molecule has 3 aliphatic heterocycles. The molecular formula is C26H28FN3O4. The SMILES string of the molecule is Cc1c([C@@H]2CN3CCN(C[C@H](O)c4ccc5c(c4C)COC5=O)C[C@@H]3CO2)ccc(F)c1C#N. The average Bonchev–Trinajstić information content (AvgIpc) is 3.21. The highest BCUT2D eigenvalue weighted by Crippen LogP contribution is 2.32. The molecular weight excluding hydrogens is 437 g/mol. The van der Waals surface area contributed by atoms with Crippen molar-refractivity contribution in [1.82, 2.24) is 9.80 Å². The molecule has 2 saturated heterocycles. The Labute approximate surface area is 198 Å². The van der Waals surface area contributed by atoms with Gasteiger partial charge in [-0.15, -0.1) is 0 Å². The molecule has 34 heavy (non-hydrogen) atoms. The zero-order chi connectivity index (χ0) is 24.0. The number of carbonyl (C=O) groups excluding carboxylic acids is 1. The van der Waals surface area contributed by atoms with Gasteiger partial charge in [-0.25, -0.2) is 9.18 Å². The van der Waals surface area contributed by atoms with Crippen LogP contribution in [0.25, 0.3) is 0 Å². The molecule has 1 N–H and O–H groups in total.